The van der Waals surface area contributed by atoms with E-state index >= 15 is 0 Å². The summed E-state index contributed by atoms with van der Waals surface area (Å²) in [6.45, 7) is 0. The molecule has 4 heavy (non-hydrogen) atoms. The van der Waals surface area contributed by atoms with Crippen LogP contribution in [0, 0.1) is 0 Å². The van der Waals surface area contributed by atoms with Crippen molar-refractivity contribution in [2.75, 3.05) is 0 Å². The van der Waals surface area contributed by atoms with Gasteiger partial charge in [0.25, 0.3) is 0 Å². The van der Waals surface area contributed by atoms with Gasteiger partial charge in [-0.1, -0.05) is 0 Å². The van der Waals surface area contributed by atoms with Gasteiger partial charge in [0.1, 0.15) is 0 Å². The quantitative estimate of drug-likeness (QED) is 0.328. The van der Waals surface area contributed by atoms with E-state index in [1.54, 1.807) is 0 Å². The van der Waals surface area contributed by atoms with Crippen molar-refractivity contribution in [2.24, 2.45) is 3.85 Å². The van der Waals surface area contributed by atoms with E-state index < -0.39 is 0 Å². The summed E-state index contributed by atoms with van der Waals surface area (Å²) in [4.78, 5) is 0. The Labute approximate surface area is 33.4 Å². The summed E-state index contributed by atoms with van der Waals surface area (Å²) in [6, 6.07) is 0. The zero-order chi connectivity index (χ0) is 2.71. The van der Waals surface area contributed by atoms with Crippen LogP contribution in [0.25, 0.3) is 0 Å². The van der Waals surface area contributed by atoms with Crippen LogP contribution in [0.15, 0.2) is 3.85 Å². The standard InChI is InChI=1S/HNO.H2O.Zn/c1-2;;/h2H;1H2;. The number of nitrogens with zero attached hydrogens (tertiary/aromatic N) is 1. The molecule has 3 nitrogen and oxygen atoms in total. The van der Waals surface area contributed by atoms with E-state index in [1.807, 2.05) is 0 Å². The second-order valence-corrected chi connectivity index (χ2v) is 0.735. The predicted molar refractivity (Wildman–Crippen MR) is 7.83 cm³/mol. The normalized spacial score (nSPS) is 3.75. The number of hydrogen-bond acceptors (Lipinski definition) is 2. The minimum absolute atomic E-state index is 0. The van der Waals surface area contributed by atoms with Crippen LogP contribution in [0.1, 0.15) is 0 Å². The molecule has 0 rings (SSSR count). The van der Waals surface area contributed by atoms with E-state index in [-0.39, 0.29) is 5.48 Å². The fourth-order valence-corrected chi connectivity index (χ4v) is 0. The zero-order valence-electron chi connectivity index (χ0n) is 2.10. The minimum atomic E-state index is 0. The molecule has 0 aromatic heterocycles. The van der Waals surface area contributed by atoms with Crippen LogP contribution in [0.5, 0.6) is 0 Å². The van der Waals surface area contributed by atoms with Crippen LogP contribution < -0.4 is 0 Å². The number of hydrogen-bond donors (Lipinski definition) is 1. The molecule has 0 aromatic rings. The topological polar surface area (TPSA) is 64.1 Å². The van der Waals surface area contributed by atoms with E-state index in [0.717, 1.165) is 0 Å². The van der Waals surface area contributed by atoms with Gasteiger partial charge in [0.15, 0.2) is 0 Å². The van der Waals surface area contributed by atoms with Crippen LogP contribution >= 0.6 is 0 Å². The summed E-state index contributed by atoms with van der Waals surface area (Å²) < 4.78 is 2.62. The third-order valence-electron chi connectivity index (χ3n) is 0. The molecule has 0 heterocycles. The van der Waals surface area contributed by atoms with Crippen molar-refractivity contribution in [1.29, 1.82) is 0 Å². The molecule has 0 atom stereocenters. The summed E-state index contributed by atoms with van der Waals surface area (Å²) >= 11 is 0.625. The molecule has 0 spiro atoms. The molecule has 3 N–H and O–H groups in total. The maximum atomic E-state index is 7.25. The van der Waals surface area contributed by atoms with Crippen molar-refractivity contribution in [3.05, 3.63) is 0 Å². The molecule has 0 aliphatic carbocycles. The fourth-order valence-electron chi connectivity index (χ4n) is 0. The summed E-state index contributed by atoms with van der Waals surface area (Å²) in [7, 11) is 0. The van der Waals surface area contributed by atoms with Gasteiger partial charge < -0.3 is 5.48 Å². The average molecular weight is 114 g/mol. The summed E-state index contributed by atoms with van der Waals surface area (Å²) in [5, 5.41) is 7.25. The molecule has 0 unspecified atom stereocenters. The molecule has 22 valence electrons. The third-order valence-corrected chi connectivity index (χ3v) is 0. The molecule has 0 fully saturated rings. The van der Waals surface area contributed by atoms with Gasteiger partial charge in [-0.3, -0.25) is 0 Å². The average Bonchev–Trinajstić information content (AvgIpc) is 0.918. The Hall–Kier alpha value is 0.343. The van der Waals surface area contributed by atoms with E-state index in [4.69, 9.17) is 5.21 Å². The molecule has 4 heteroatoms. The van der Waals surface area contributed by atoms with Gasteiger partial charge in [-0.15, -0.1) is 0 Å². The van der Waals surface area contributed by atoms with Crippen molar-refractivity contribution in [1.82, 2.24) is 0 Å². The molecule has 0 aliphatic rings. The summed E-state index contributed by atoms with van der Waals surface area (Å²) in [5.74, 6) is 0. The van der Waals surface area contributed by atoms with Crippen molar-refractivity contribution < 1.29 is 28.8 Å². The van der Waals surface area contributed by atoms with Crippen LogP contribution in [0.4, 0.5) is 0 Å². The Morgan fingerprint density at radius 3 is 1.75 bits per heavy atom. The van der Waals surface area contributed by atoms with E-state index in [0.29, 0.717) is 18.1 Å². The van der Waals surface area contributed by atoms with E-state index in [9.17, 15) is 0 Å². The van der Waals surface area contributed by atoms with Crippen molar-refractivity contribution in [2.45, 2.75) is 0 Å². The van der Waals surface area contributed by atoms with Crippen LogP contribution in [0.3, 0.4) is 0 Å². The predicted octanol–water partition coefficient (Wildman–Crippen LogP) is -0.719. The SMILES string of the molecule is O.O[N]=[Zn]. The van der Waals surface area contributed by atoms with Gasteiger partial charge in [0, 0.05) is 0 Å². The first-order chi connectivity index (χ1) is 1.41. The number of rotatable bonds is 0. The van der Waals surface area contributed by atoms with Crippen molar-refractivity contribution in [3.63, 3.8) is 0 Å². The molecule has 0 aromatic carbocycles. The maximum absolute atomic E-state index is 7.25. The first kappa shape index (κ1) is 8.84. The molecular formula is H3NO2Zn. The Bertz CT molecular complexity index is 13.5. The molecule has 0 amide bonds. The van der Waals surface area contributed by atoms with Gasteiger partial charge in [-0.2, -0.15) is 0 Å². The summed E-state index contributed by atoms with van der Waals surface area (Å²) in [6.07, 6.45) is 0. The fraction of sp³-hybridized carbons (Fsp3) is 0. The second-order valence-electron chi connectivity index (χ2n) is 0.141. The van der Waals surface area contributed by atoms with Gasteiger partial charge in [0.2, 0.25) is 0 Å². The van der Waals surface area contributed by atoms with Gasteiger partial charge >= 0.3 is 27.2 Å². The molecule has 0 aliphatic heterocycles. The Morgan fingerprint density at radius 1 is 1.75 bits per heavy atom. The molecular weight excluding hydrogens is 111 g/mol. The summed E-state index contributed by atoms with van der Waals surface area (Å²) in [5.41, 5.74) is 0. The van der Waals surface area contributed by atoms with Gasteiger partial charge in [-0.05, 0) is 0 Å². The first-order valence-corrected chi connectivity index (χ1v) is 1.84. The molecule has 0 bridgehead atoms. The monoisotopic (exact) mass is 113 g/mol. The zero-order valence-corrected chi connectivity index (χ0v) is 5.07. The third kappa shape index (κ3) is 35.9. The molecule has 0 saturated carbocycles. The Morgan fingerprint density at radius 2 is 1.75 bits per heavy atom. The molecule has 0 saturated heterocycles. The Balaban J connectivity index is 0. The van der Waals surface area contributed by atoms with Gasteiger partial charge in [0.05, 0.1) is 0 Å². The second kappa shape index (κ2) is 10.2. The first-order valence-electron chi connectivity index (χ1n) is 0.516. The molecule has 0 radical (unpaired) electrons. The van der Waals surface area contributed by atoms with E-state index in [2.05, 4.69) is 3.85 Å². The van der Waals surface area contributed by atoms with Crippen LogP contribution in [0.2, 0.25) is 0 Å². The van der Waals surface area contributed by atoms with Crippen LogP contribution in [-0.4, -0.2) is 10.7 Å². The van der Waals surface area contributed by atoms with Crippen molar-refractivity contribution in [3.8, 4) is 0 Å². The van der Waals surface area contributed by atoms with Crippen LogP contribution in [-0.2, 0) is 18.1 Å². The Kier molecular flexibility index (Phi) is 22.5. The van der Waals surface area contributed by atoms with E-state index in [1.165, 1.54) is 0 Å². The van der Waals surface area contributed by atoms with Gasteiger partial charge in [-0.25, -0.2) is 0 Å². The van der Waals surface area contributed by atoms with Crippen molar-refractivity contribution >= 4 is 0 Å².